The Morgan fingerprint density at radius 1 is 0.889 bits per heavy atom. The molecule has 3 rings (SSSR count). The summed E-state index contributed by atoms with van der Waals surface area (Å²) in [6.45, 7) is -0.0894. The molecular formula is C20H17ClN2O3S. The molecule has 0 spiro atoms. The number of benzene rings is 3. The highest BCUT2D eigenvalue weighted by Gasteiger charge is 2.22. The highest BCUT2D eigenvalue weighted by Crippen LogP contribution is 2.30. The van der Waals surface area contributed by atoms with Gasteiger partial charge in [0.1, 0.15) is 0 Å². The smallest absolute Gasteiger partial charge is 0.243 e. The van der Waals surface area contributed by atoms with Gasteiger partial charge in [-0.2, -0.15) is 0 Å². The van der Waals surface area contributed by atoms with Crippen molar-refractivity contribution in [1.82, 2.24) is 0 Å². The molecule has 3 aromatic rings. The minimum atomic E-state index is -3.78. The summed E-state index contributed by atoms with van der Waals surface area (Å²) in [6.07, 6.45) is 0. The molecule has 7 heteroatoms. The predicted octanol–water partition coefficient (Wildman–Crippen LogP) is 4.22. The predicted molar refractivity (Wildman–Crippen MR) is 107 cm³/mol. The maximum atomic E-state index is 12.9. The van der Waals surface area contributed by atoms with E-state index in [4.69, 9.17) is 11.6 Å². The number of hydrogen-bond acceptors (Lipinski definition) is 4. The molecule has 0 aromatic heterocycles. The molecule has 0 saturated heterocycles. The molecule has 0 aliphatic carbocycles. The van der Waals surface area contributed by atoms with E-state index in [0.29, 0.717) is 16.4 Å². The summed E-state index contributed by atoms with van der Waals surface area (Å²) in [5.74, 6) is -0.292. The van der Waals surface area contributed by atoms with Crippen LogP contribution >= 0.6 is 11.6 Å². The Balaban J connectivity index is 1.82. The van der Waals surface area contributed by atoms with E-state index in [1.165, 1.54) is 18.2 Å². The van der Waals surface area contributed by atoms with Crippen LogP contribution in [0.4, 0.5) is 11.4 Å². The monoisotopic (exact) mass is 400 g/mol. The van der Waals surface area contributed by atoms with Crippen molar-refractivity contribution in [3.8, 4) is 0 Å². The van der Waals surface area contributed by atoms with E-state index in [1.807, 2.05) is 18.2 Å². The maximum absolute atomic E-state index is 12.9. The standard InChI is InChI=1S/C20H17ClN2O3S/c21-15-11-12-18(22-14-20(24)23-16-7-3-1-4-8-16)19(13-15)27(25,26)17-9-5-2-6-10-17/h1-13,22H,14H2,(H,23,24). The summed E-state index contributed by atoms with van der Waals surface area (Å²) in [4.78, 5) is 12.3. The first-order valence-corrected chi connectivity index (χ1v) is 10.0. The van der Waals surface area contributed by atoms with Gasteiger partial charge in [0, 0.05) is 10.7 Å². The molecule has 1 amide bonds. The third kappa shape index (κ3) is 4.67. The van der Waals surface area contributed by atoms with Crippen LogP contribution in [0.25, 0.3) is 0 Å². The largest absolute Gasteiger partial charge is 0.375 e. The molecule has 0 bridgehead atoms. The molecule has 0 aliphatic rings. The summed E-state index contributed by atoms with van der Waals surface area (Å²) in [6, 6.07) is 21.6. The highest BCUT2D eigenvalue weighted by molar-refractivity contribution is 7.91. The average molecular weight is 401 g/mol. The van der Waals surface area contributed by atoms with Crippen molar-refractivity contribution >= 4 is 38.7 Å². The lowest BCUT2D eigenvalue weighted by atomic mass is 10.3. The van der Waals surface area contributed by atoms with Crippen molar-refractivity contribution in [2.24, 2.45) is 0 Å². The molecule has 3 aromatic carbocycles. The molecule has 2 N–H and O–H groups in total. The molecule has 0 aliphatic heterocycles. The van der Waals surface area contributed by atoms with Crippen molar-refractivity contribution in [3.63, 3.8) is 0 Å². The zero-order valence-electron chi connectivity index (χ0n) is 14.2. The van der Waals surface area contributed by atoms with Crippen LogP contribution in [0.1, 0.15) is 0 Å². The van der Waals surface area contributed by atoms with Gasteiger partial charge in [-0.15, -0.1) is 0 Å². The lowest BCUT2D eigenvalue weighted by Gasteiger charge is -2.13. The zero-order chi connectivity index (χ0) is 19.3. The van der Waals surface area contributed by atoms with Crippen LogP contribution in [0.3, 0.4) is 0 Å². The fraction of sp³-hybridized carbons (Fsp3) is 0.0500. The molecule has 0 saturated carbocycles. The molecule has 0 atom stereocenters. The topological polar surface area (TPSA) is 75.3 Å². The van der Waals surface area contributed by atoms with Crippen molar-refractivity contribution in [1.29, 1.82) is 0 Å². The minimum absolute atomic E-state index is 0.0220. The van der Waals surface area contributed by atoms with Gasteiger partial charge in [-0.25, -0.2) is 8.42 Å². The first kappa shape index (κ1) is 18.9. The van der Waals surface area contributed by atoms with Gasteiger partial charge in [0.25, 0.3) is 0 Å². The lowest BCUT2D eigenvalue weighted by Crippen LogP contribution is -2.22. The van der Waals surface area contributed by atoms with Gasteiger partial charge in [0.2, 0.25) is 15.7 Å². The number of para-hydroxylation sites is 1. The van der Waals surface area contributed by atoms with Gasteiger partial charge in [-0.05, 0) is 42.5 Å². The number of amides is 1. The van der Waals surface area contributed by atoms with Gasteiger partial charge >= 0.3 is 0 Å². The van der Waals surface area contributed by atoms with Crippen LogP contribution in [-0.4, -0.2) is 20.9 Å². The van der Waals surface area contributed by atoms with Crippen LogP contribution in [0.15, 0.2) is 88.7 Å². The Labute approximate surface area is 162 Å². The Kier molecular flexibility index (Phi) is 5.78. The third-order valence-electron chi connectivity index (χ3n) is 3.78. The number of carbonyl (C=O) groups is 1. The molecule has 138 valence electrons. The van der Waals surface area contributed by atoms with E-state index in [9.17, 15) is 13.2 Å². The number of rotatable bonds is 6. The number of nitrogens with one attached hydrogen (secondary N) is 2. The van der Waals surface area contributed by atoms with Gasteiger partial charge in [-0.1, -0.05) is 48.0 Å². The summed E-state index contributed by atoms with van der Waals surface area (Å²) < 4.78 is 25.9. The van der Waals surface area contributed by atoms with Crippen molar-refractivity contribution in [2.75, 3.05) is 17.2 Å². The zero-order valence-corrected chi connectivity index (χ0v) is 15.8. The van der Waals surface area contributed by atoms with Gasteiger partial charge < -0.3 is 10.6 Å². The maximum Gasteiger partial charge on any atom is 0.243 e. The van der Waals surface area contributed by atoms with Crippen LogP contribution < -0.4 is 10.6 Å². The molecule has 0 heterocycles. The second-order valence-corrected chi connectivity index (χ2v) is 8.08. The second kappa shape index (κ2) is 8.24. The van der Waals surface area contributed by atoms with Crippen LogP contribution in [0, 0.1) is 0 Å². The van der Waals surface area contributed by atoms with Crippen LogP contribution in [0.2, 0.25) is 5.02 Å². The first-order chi connectivity index (χ1) is 13.0. The highest BCUT2D eigenvalue weighted by atomic mass is 35.5. The van der Waals surface area contributed by atoms with E-state index in [-0.39, 0.29) is 22.2 Å². The van der Waals surface area contributed by atoms with E-state index in [0.717, 1.165) is 0 Å². The number of halogens is 1. The second-order valence-electron chi connectivity index (χ2n) is 5.72. The fourth-order valence-electron chi connectivity index (χ4n) is 2.49. The summed E-state index contributed by atoms with van der Waals surface area (Å²) in [5, 5.41) is 5.92. The number of anilines is 2. The van der Waals surface area contributed by atoms with Crippen LogP contribution in [0.5, 0.6) is 0 Å². The Morgan fingerprint density at radius 2 is 1.52 bits per heavy atom. The Hall–Kier alpha value is -2.83. The van der Waals surface area contributed by atoms with Crippen molar-refractivity contribution in [2.45, 2.75) is 9.79 Å². The molecule has 0 fully saturated rings. The molecule has 0 unspecified atom stereocenters. The number of carbonyl (C=O) groups excluding carboxylic acids is 1. The van der Waals surface area contributed by atoms with E-state index in [1.54, 1.807) is 42.5 Å². The summed E-state index contributed by atoms with van der Waals surface area (Å²) in [7, 11) is -3.78. The number of sulfone groups is 1. The fourth-order valence-corrected chi connectivity index (χ4v) is 4.21. The van der Waals surface area contributed by atoms with E-state index >= 15 is 0 Å². The molecule has 27 heavy (non-hydrogen) atoms. The van der Waals surface area contributed by atoms with Crippen molar-refractivity contribution in [3.05, 3.63) is 83.9 Å². The summed E-state index contributed by atoms with van der Waals surface area (Å²) in [5.41, 5.74) is 0.976. The quantitative estimate of drug-likeness (QED) is 0.649. The first-order valence-electron chi connectivity index (χ1n) is 8.15. The Morgan fingerprint density at radius 3 is 2.19 bits per heavy atom. The van der Waals surface area contributed by atoms with Crippen LogP contribution in [-0.2, 0) is 14.6 Å². The van der Waals surface area contributed by atoms with Crippen molar-refractivity contribution < 1.29 is 13.2 Å². The average Bonchev–Trinajstić information content (AvgIpc) is 2.68. The van der Waals surface area contributed by atoms with E-state index < -0.39 is 9.84 Å². The summed E-state index contributed by atoms with van der Waals surface area (Å²) >= 11 is 6.01. The molecule has 5 nitrogen and oxygen atoms in total. The van der Waals surface area contributed by atoms with Gasteiger partial charge in [0.05, 0.1) is 22.0 Å². The normalized spacial score (nSPS) is 11.0. The van der Waals surface area contributed by atoms with Gasteiger partial charge in [0.15, 0.2) is 0 Å². The van der Waals surface area contributed by atoms with Gasteiger partial charge in [-0.3, -0.25) is 4.79 Å². The van der Waals surface area contributed by atoms with E-state index in [2.05, 4.69) is 10.6 Å². The SMILES string of the molecule is O=C(CNc1ccc(Cl)cc1S(=O)(=O)c1ccccc1)Nc1ccccc1. The Bertz CT molecular complexity index is 1040. The third-order valence-corrected chi connectivity index (χ3v) is 5.83. The minimum Gasteiger partial charge on any atom is -0.375 e. The molecule has 0 radical (unpaired) electrons. The lowest BCUT2D eigenvalue weighted by molar-refractivity contribution is -0.114. The molecular weight excluding hydrogens is 384 g/mol. The number of hydrogen-bond donors (Lipinski definition) is 2.